The van der Waals surface area contributed by atoms with E-state index in [2.05, 4.69) is 0 Å². The van der Waals surface area contributed by atoms with Crippen molar-refractivity contribution in [2.45, 2.75) is 6.42 Å². The van der Waals surface area contributed by atoms with Crippen LogP contribution in [0.5, 0.6) is 17.2 Å². The van der Waals surface area contributed by atoms with Gasteiger partial charge in [0.2, 0.25) is 0 Å². The van der Waals surface area contributed by atoms with Crippen LogP contribution >= 0.6 is 34.5 Å². The number of halogens is 2. The van der Waals surface area contributed by atoms with Crippen LogP contribution in [0.15, 0.2) is 36.4 Å². The van der Waals surface area contributed by atoms with Gasteiger partial charge in [0.05, 0.1) is 37.2 Å². The topological polar surface area (TPSA) is 54.0 Å². The maximum Gasteiger partial charge on any atom is 0.349 e. The van der Waals surface area contributed by atoms with E-state index in [-0.39, 0.29) is 6.61 Å². The third-order valence-electron chi connectivity index (χ3n) is 3.96. The van der Waals surface area contributed by atoms with Crippen LogP contribution in [0.3, 0.4) is 0 Å². The zero-order valence-corrected chi connectivity index (χ0v) is 17.6. The van der Waals surface area contributed by atoms with Crippen molar-refractivity contribution in [2.75, 3.05) is 27.4 Å². The molecule has 0 unspecified atom stereocenters. The molecule has 8 heteroatoms. The zero-order valence-electron chi connectivity index (χ0n) is 15.3. The first-order valence-electron chi connectivity index (χ1n) is 8.43. The van der Waals surface area contributed by atoms with Crippen LogP contribution in [-0.4, -0.2) is 33.4 Å². The van der Waals surface area contributed by atoms with Gasteiger partial charge in [0.25, 0.3) is 0 Å². The second-order valence-electron chi connectivity index (χ2n) is 5.72. The summed E-state index contributed by atoms with van der Waals surface area (Å²) in [6.45, 7) is 0.638. The van der Waals surface area contributed by atoms with Crippen LogP contribution in [0.1, 0.15) is 16.1 Å². The van der Waals surface area contributed by atoms with Gasteiger partial charge in [0, 0.05) is 11.8 Å². The van der Waals surface area contributed by atoms with Crippen LogP contribution in [0.4, 0.5) is 0 Å². The summed E-state index contributed by atoms with van der Waals surface area (Å²) in [5, 5.41) is 1.47. The van der Waals surface area contributed by atoms with Crippen LogP contribution in [-0.2, 0) is 4.74 Å². The molecule has 0 saturated carbocycles. The predicted octanol–water partition coefficient (Wildman–Crippen LogP) is 5.85. The largest absolute Gasteiger partial charge is 0.497 e. The monoisotopic (exact) mass is 440 g/mol. The molecule has 0 aliphatic carbocycles. The lowest BCUT2D eigenvalue weighted by molar-refractivity contribution is 0.0492. The van der Waals surface area contributed by atoms with Gasteiger partial charge in [-0.05, 0) is 36.4 Å². The van der Waals surface area contributed by atoms with E-state index in [4.69, 9.17) is 42.1 Å². The predicted molar refractivity (Wildman–Crippen MR) is 112 cm³/mol. The standard InChI is InChI=1S/C20H18Cl2O5S/c1-24-12-4-6-13(7-5-12)26-10-3-11-27-20(23)19-16(21)14-8-9-15(25-2)17(22)18(14)28-19/h4-9H,3,10-11H2,1-2H3. The maximum atomic E-state index is 12.4. The highest BCUT2D eigenvalue weighted by molar-refractivity contribution is 7.22. The van der Waals surface area contributed by atoms with Gasteiger partial charge in [0.1, 0.15) is 27.1 Å². The summed E-state index contributed by atoms with van der Waals surface area (Å²) in [4.78, 5) is 12.7. The van der Waals surface area contributed by atoms with Crippen LogP contribution in [0, 0.1) is 0 Å². The quantitative estimate of drug-likeness (QED) is 0.324. The molecule has 0 aliphatic heterocycles. The first-order chi connectivity index (χ1) is 13.5. The number of fused-ring (bicyclic) bond motifs is 1. The Kier molecular flexibility index (Phi) is 6.88. The van der Waals surface area contributed by atoms with E-state index in [1.807, 2.05) is 24.3 Å². The van der Waals surface area contributed by atoms with E-state index in [0.717, 1.165) is 11.5 Å². The van der Waals surface area contributed by atoms with Crippen LogP contribution < -0.4 is 14.2 Å². The Morgan fingerprint density at radius 3 is 2.32 bits per heavy atom. The Morgan fingerprint density at radius 1 is 0.929 bits per heavy atom. The molecule has 0 saturated heterocycles. The van der Waals surface area contributed by atoms with Gasteiger partial charge < -0.3 is 18.9 Å². The Labute approximate surface area is 176 Å². The van der Waals surface area contributed by atoms with Crippen molar-refractivity contribution in [2.24, 2.45) is 0 Å². The Bertz CT molecular complexity index is 969. The molecule has 2 aromatic carbocycles. The molecule has 0 bridgehead atoms. The second-order valence-corrected chi connectivity index (χ2v) is 7.49. The molecule has 0 atom stereocenters. The molecule has 1 aromatic heterocycles. The van der Waals surface area contributed by atoms with E-state index in [9.17, 15) is 4.79 Å². The molecule has 0 amide bonds. The van der Waals surface area contributed by atoms with Gasteiger partial charge >= 0.3 is 5.97 Å². The summed E-state index contributed by atoms with van der Waals surface area (Å²) < 4.78 is 21.9. The smallest absolute Gasteiger partial charge is 0.349 e. The first kappa shape index (κ1) is 20.6. The maximum absolute atomic E-state index is 12.4. The fraction of sp³-hybridized carbons (Fsp3) is 0.250. The molecular weight excluding hydrogens is 423 g/mol. The SMILES string of the molecule is COc1ccc(OCCCOC(=O)c2sc3c(Cl)c(OC)ccc3c2Cl)cc1. The zero-order chi connectivity index (χ0) is 20.1. The number of thiophene rings is 1. The number of methoxy groups -OCH3 is 2. The van der Waals surface area contributed by atoms with Crippen molar-refractivity contribution >= 4 is 50.6 Å². The minimum absolute atomic E-state index is 0.219. The van der Waals surface area contributed by atoms with E-state index >= 15 is 0 Å². The summed E-state index contributed by atoms with van der Waals surface area (Å²) in [5.74, 6) is 1.54. The minimum atomic E-state index is -0.481. The molecular formula is C20H18Cl2O5S. The lowest BCUT2D eigenvalue weighted by atomic mass is 10.2. The fourth-order valence-electron chi connectivity index (χ4n) is 2.52. The van der Waals surface area contributed by atoms with Crippen molar-refractivity contribution in [3.05, 3.63) is 51.3 Å². The van der Waals surface area contributed by atoms with E-state index in [1.165, 1.54) is 18.4 Å². The molecule has 0 radical (unpaired) electrons. The summed E-state index contributed by atoms with van der Waals surface area (Å²) in [7, 11) is 3.14. The van der Waals surface area contributed by atoms with E-state index < -0.39 is 5.97 Å². The van der Waals surface area contributed by atoms with Crippen molar-refractivity contribution < 1.29 is 23.7 Å². The average Bonchev–Trinajstić information content (AvgIpc) is 3.06. The normalized spacial score (nSPS) is 10.7. The van der Waals surface area contributed by atoms with E-state index in [1.54, 1.807) is 19.2 Å². The van der Waals surface area contributed by atoms with Crippen LogP contribution in [0.2, 0.25) is 10.0 Å². The average molecular weight is 441 g/mol. The highest BCUT2D eigenvalue weighted by Gasteiger charge is 2.21. The molecule has 3 aromatic rings. The Morgan fingerprint density at radius 2 is 1.64 bits per heavy atom. The molecule has 0 N–H and O–H groups in total. The molecule has 148 valence electrons. The van der Waals surface area contributed by atoms with Crippen molar-refractivity contribution in [3.8, 4) is 17.2 Å². The summed E-state index contributed by atoms with van der Waals surface area (Å²) in [5.41, 5.74) is 0. The molecule has 0 aliphatic rings. The molecule has 0 spiro atoms. The fourth-order valence-corrected chi connectivity index (χ4v) is 4.30. The molecule has 3 rings (SSSR count). The van der Waals surface area contributed by atoms with Gasteiger partial charge in [-0.15, -0.1) is 11.3 Å². The van der Waals surface area contributed by atoms with Gasteiger partial charge in [-0.25, -0.2) is 4.79 Å². The lowest BCUT2D eigenvalue weighted by Crippen LogP contribution is -2.08. The number of hydrogen-bond donors (Lipinski definition) is 0. The Balaban J connectivity index is 1.54. The van der Waals surface area contributed by atoms with E-state index in [0.29, 0.717) is 43.8 Å². The first-order valence-corrected chi connectivity index (χ1v) is 10.0. The molecule has 5 nitrogen and oxygen atoms in total. The lowest BCUT2D eigenvalue weighted by Gasteiger charge is -2.07. The van der Waals surface area contributed by atoms with Crippen molar-refractivity contribution in [1.29, 1.82) is 0 Å². The Hall–Kier alpha value is -2.15. The van der Waals surface area contributed by atoms with Crippen molar-refractivity contribution in [1.82, 2.24) is 0 Å². The number of carbonyl (C=O) groups excluding carboxylic acids is 1. The van der Waals surface area contributed by atoms with Gasteiger partial charge in [-0.2, -0.15) is 0 Å². The van der Waals surface area contributed by atoms with Crippen molar-refractivity contribution in [3.63, 3.8) is 0 Å². The highest BCUT2D eigenvalue weighted by Crippen LogP contribution is 2.43. The second kappa shape index (κ2) is 9.37. The summed E-state index contributed by atoms with van der Waals surface area (Å²) in [6.07, 6.45) is 0.550. The number of esters is 1. The number of hydrogen-bond acceptors (Lipinski definition) is 6. The van der Waals surface area contributed by atoms with Gasteiger partial charge in [-0.3, -0.25) is 0 Å². The number of rotatable bonds is 8. The third kappa shape index (κ3) is 4.46. The van der Waals surface area contributed by atoms with Crippen LogP contribution in [0.25, 0.3) is 10.1 Å². The molecule has 0 fully saturated rings. The molecule has 1 heterocycles. The van der Waals surface area contributed by atoms with Gasteiger partial charge in [0.15, 0.2) is 0 Å². The van der Waals surface area contributed by atoms with Gasteiger partial charge in [-0.1, -0.05) is 23.2 Å². The molecule has 28 heavy (non-hydrogen) atoms. The highest BCUT2D eigenvalue weighted by atomic mass is 35.5. The number of benzene rings is 2. The third-order valence-corrected chi connectivity index (χ3v) is 6.15. The summed E-state index contributed by atoms with van der Waals surface area (Å²) >= 11 is 13.8. The minimum Gasteiger partial charge on any atom is -0.497 e. The number of ether oxygens (including phenoxy) is 4. The number of carbonyl (C=O) groups is 1. The summed E-state index contributed by atoms with van der Waals surface area (Å²) in [6, 6.07) is 10.8.